The Morgan fingerprint density at radius 1 is 0.846 bits per heavy atom. The van der Waals surface area contributed by atoms with Crippen LogP contribution >= 0.6 is 0 Å². The first-order chi connectivity index (χ1) is 5.73. The van der Waals surface area contributed by atoms with Gasteiger partial charge in [0.05, 0.1) is 0 Å². The number of hydrogen-bond acceptors (Lipinski definition) is 0. The van der Waals surface area contributed by atoms with Crippen LogP contribution in [-0.4, -0.2) is 19.6 Å². The summed E-state index contributed by atoms with van der Waals surface area (Å²) in [4.78, 5) is 0. The Balaban J connectivity index is 4.20. The van der Waals surface area contributed by atoms with Crippen molar-refractivity contribution in [2.45, 2.75) is 60.9 Å². The molecule has 13 heavy (non-hydrogen) atoms. The molecule has 0 aromatic heterocycles. The van der Waals surface area contributed by atoms with Crippen molar-refractivity contribution < 1.29 is 0 Å². The van der Waals surface area contributed by atoms with Crippen molar-refractivity contribution in [3.63, 3.8) is 0 Å². The molecule has 0 fully saturated rings. The molecule has 0 N–H and O–H groups in total. The molecule has 1 heteroatoms. The second-order valence-corrected chi connectivity index (χ2v) is 13.9. The van der Waals surface area contributed by atoms with E-state index in [4.69, 9.17) is 0 Å². The molecule has 0 saturated heterocycles. The van der Waals surface area contributed by atoms with Gasteiger partial charge in [0, 0.05) is 0 Å². The van der Waals surface area contributed by atoms with Crippen LogP contribution in [0, 0.1) is 11.8 Å². The number of rotatable bonds is 4. The van der Waals surface area contributed by atoms with Gasteiger partial charge in [0.1, 0.15) is 0 Å². The fourth-order valence-electron chi connectivity index (χ4n) is 1.37. The van der Waals surface area contributed by atoms with Crippen molar-refractivity contribution in [3.05, 3.63) is 0 Å². The Morgan fingerprint density at radius 3 is 1.31 bits per heavy atom. The SMILES string of the molecule is CC(C)C[Te+](CC(C)C)C(C)(C)C. The molecular formula is C12H27Te+. The Kier molecular flexibility index (Phi) is 5.96. The molecule has 0 unspecified atom stereocenters. The van der Waals surface area contributed by atoms with Crippen LogP contribution in [0.15, 0.2) is 0 Å². The quantitative estimate of drug-likeness (QED) is 0.666. The molecule has 0 aliphatic rings. The third kappa shape index (κ3) is 6.81. The molecular weight excluding hydrogens is 272 g/mol. The summed E-state index contributed by atoms with van der Waals surface area (Å²) in [6.07, 6.45) is 0. The van der Waals surface area contributed by atoms with E-state index >= 15 is 0 Å². The molecule has 0 aliphatic carbocycles. The van der Waals surface area contributed by atoms with Gasteiger partial charge in [-0.1, -0.05) is 0 Å². The monoisotopic (exact) mass is 301 g/mol. The Bertz CT molecular complexity index is 121. The molecule has 0 spiro atoms. The normalized spacial score (nSPS) is 13.4. The molecule has 0 bridgehead atoms. The zero-order chi connectivity index (χ0) is 10.6. The van der Waals surface area contributed by atoms with Gasteiger partial charge in [-0.25, -0.2) is 0 Å². The van der Waals surface area contributed by atoms with Crippen molar-refractivity contribution in [3.8, 4) is 0 Å². The van der Waals surface area contributed by atoms with Crippen LogP contribution in [0.3, 0.4) is 0 Å². The molecule has 0 amide bonds. The van der Waals surface area contributed by atoms with Gasteiger partial charge in [0.2, 0.25) is 0 Å². The zero-order valence-electron chi connectivity index (χ0n) is 10.5. The van der Waals surface area contributed by atoms with Crippen LogP contribution in [-0.2, 0) is 0 Å². The number of hydrogen-bond donors (Lipinski definition) is 0. The van der Waals surface area contributed by atoms with Gasteiger partial charge in [0.25, 0.3) is 0 Å². The predicted molar refractivity (Wildman–Crippen MR) is 64.8 cm³/mol. The topological polar surface area (TPSA) is 0 Å². The summed E-state index contributed by atoms with van der Waals surface area (Å²) < 4.78 is 3.74. The summed E-state index contributed by atoms with van der Waals surface area (Å²) in [6, 6.07) is 0. The maximum atomic E-state index is 2.45. The third-order valence-electron chi connectivity index (χ3n) is 1.94. The van der Waals surface area contributed by atoms with E-state index < -0.39 is 19.6 Å². The minimum absolute atomic E-state index is 0.651. The van der Waals surface area contributed by atoms with Crippen LogP contribution < -0.4 is 0 Å². The van der Waals surface area contributed by atoms with E-state index in [1.54, 1.807) is 8.94 Å². The van der Waals surface area contributed by atoms with Gasteiger partial charge >= 0.3 is 92.3 Å². The van der Waals surface area contributed by atoms with Crippen molar-refractivity contribution in [1.82, 2.24) is 0 Å². The summed E-state index contributed by atoms with van der Waals surface area (Å²) in [5.41, 5.74) is 0. The van der Waals surface area contributed by atoms with E-state index in [1.165, 1.54) is 0 Å². The van der Waals surface area contributed by atoms with E-state index in [0.29, 0.717) is 3.46 Å². The summed E-state index contributed by atoms with van der Waals surface area (Å²) in [5.74, 6) is 1.82. The fourth-order valence-corrected chi connectivity index (χ4v) is 9.21. The van der Waals surface area contributed by atoms with Crippen molar-refractivity contribution in [1.29, 1.82) is 0 Å². The first kappa shape index (κ1) is 13.8. The van der Waals surface area contributed by atoms with Gasteiger partial charge < -0.3 is 0 Å². The van der Waals surface area contributed by atoms with Gasteiger partial charge in [-0.15, -0.1) is 0 Å². The van der Waals surface area contributed by atoms with Crippen LogP contribution in [0.1, 0.15) is 48.5 Å². The summed E-state index contributed by atoms with van der Waals surface area (Å²) >= 11 is -0.856. The van der Waals surface area contributed by atoms with Gasteiger partial charge in [0.15, 0.2) is 0 Å². The van der Waals surface area contributed by atoms with Gasteiger partial charge in [-0.05, 0) is 0 Å². The molecule has 0 heterocycles. The van der Waals surface area contributed by atoms with Crippen LogP contribution in [0.4, 0.5) is 0 Å². The van der Waals surface area contributed by atoms with Crippen molar-refractivity contribution in [2.75, 3.05) is 0 Å². The van der Waals surface area contributed by atoms with Crippen LogP contribution in [0.5, 0.6) is 0 Å². The van der Waals surface area contributed by atoms with E-state index in [0.717, 1.165) is 11.8 Å². The van der Waals surface area contributed by atoms with Crippen LogP contribution in [0.2, 0.25) is 12.4 Å². The average molecular weight is 299 g/mol. The summed E-state index contributed by atoms with van der Waals surface area (Å²) in [5, 5.41) is 0. The van der Waals surface area contributed by atoms with Crippen LogP contribution in [0.25, 0.3) is 0 Å². The molecule has 80 valence electrons. The van der Waals surface area contributed by atoms with E-state index in [9.17, 15) is 0 Å². The summed E-state index contributed by atoms with van der Waals surface area (Å²) in [6.45, 7) is 16.9. The van der Waals surface area contributed by atoms with Crippen molar-refractivity contribution in [2.24, 2.45) is 11.8 Å². The Morgan fingerprint density at radius 2 is 1.15 bits per heavy atom. The average Bonchev–Trinajstić information content (AvgIpc) is 1.81. The Hall–Kier alpha value is 0.790. The maximum absolute atomic E-state index is 2.45. The third-order valence-corrected chi connectivity index (χ3v) is 13.0. The van der Waals surface area contributed by atoms with E-state index in [-0.39, 0.29) is 0 Å². The molecule has 0 aliphatic heterocycles. The Labute approximate surface area is 92.1 Å². The molecule has 0 aromatic rings. The zero-order valence-corrected chi connectivity index (χ0v) is 12.8. The van der Waals surface area contributed by atoms with E-state index in [1.807, 2.05) is 0 Å². The van der Waals surface area contributed by atoms with Gasteiger partial charge in [-0.2, -0.15) is 0 Å². The first-order valence-corrected chi connectivity index (χ1v) is 9.87. The molecule has 0 aromatic carbocycles. The molecule has 0 radical (unpaired) electrons. The standard InChI is InChI=1S/C12H27Te/c1-10(2)8-13(9-11(3)4)12(5,6)7/h10-11H,8-9H2,1-7H3/q+1. The summed E-state index contributed by atoms with van der Waals surface area (Å²) in [7, 11) is 0. The molecule has 0 nitrogen and oxygen atoms in total. The van der Waals surface area contributed by atoms with Gasteiger partial charge in [-0.3, -0.25) is 0 Å². The van der Waals surface area contributed by atoms with Crippen molar-refractivity contribution >= 4 is 19.6 Å². The molecule has 0 rings (SSSR count). The minimum atomic E-state index is -0.856. The molecule has 0 atom stereocenters. The second-order valence-electron chi connectivity index (χ2n) is 5.73. The fraction of sp³-hybridized carbons (Fsp3) is 1.00. The molecule has 0 saturated carbocycles. The first-order valence-electron chi connectivity index (χ1n) is 5.41. The predicted octanol–water partition coefficient (Wildman–Crippen LogP) is 4.59. The van der Waals surface area contributed by atoms with E-state index in [2.05, 4.69) is 48.5 Å². The second kappa shape index (κ2) is 5.62.